The van der Waals surface area contributed by atoms with Crippen molar-refractivity contribution in [2.75, 3.05) is 6.54 Å². The predicted molar refractivity (Wildman–Crippen MR) is 98.5 cm³/mol. The van der Waals surface area contributed by atoms with Gasteiger partial charge in [0.15, 0.2) is 0 Å². The largest absolute Gasteiger partial charge is 0.327 e. The summed E-state index contributed by atoms with van der Waals surface area (Å²) in [6.45, 7) is 2.69. The molecule has 2 heterocycles. The summed E-state index contributed by atoms with van der Waals surface area (Å²) in [5, 5.41) is 2.09. The summed E-state index contributed by atoms with van der Waals surface area (Å²) >= 11 is 1.74. The summed E-state index contributed by atoms with van der Waals surface area (Å²) in [4.78, 5) is 16.3. The molecule has 4 rings (SSSR count). The van der Waals surface area contributed by atoms with E-state index in [1.54, 1.807) is 23.5 Å². The zero-order valence-corrected chi connectivity index (χ0v) is 14.7. The Labute approximate surface area is 150 Å². The molecule has 4 heteroatoms. The van der Waals surface area contributed by atoms with Gasteiger partial charge in [0.1, 0.15) is 5.82 Å². The minimum absolute atomic E-state index is 0.119. The molecule has 25 heavy (non-hydrogen) atoms. The van der Waals surface area contributed by atoms with E-state index in [1.165, 1.54) is 28.1 Å². The molecule has 2 nitrogen and oxygen atoms in total. The SMILES string of the molecule is Cc1ccc([C@H]2c3ccsc3CCN2C(=O)c2cccc(F)c2)cc1. The smallest absolute Gasteiger partial charge is 0.254 e. The van der Waals surface area contributed by atoms with E-state index in [0.717, 1.165) is 12.0 Å². The third kappa shape index (κ3) is 2.98. The maximum absolute atomic E-state index is 13.6. The molecule has 1 aliphatic rings. The number of rotatable bonds is 2. The number of hydrogen-bond acceptors (Lipinski definition) is 2. The molecular formula is C21H18FNOS. The Morgan fingerprint density at radius 2 is 1.96 bits per heavy atom. The standard InChI is InChI=1S/C21H18FNOS/c1-14-5-7-15(8-6-14)20-18-10-12-25-19(18)9-11-23(20)21(24)16-3-2-4-17(22)13-16/h2-8,10,12-13,20H,9,11H2,1H3/t20-/m0/s1. The van der Waals surface area contributed by atoms with Crippen LogP contribution in [0.3, 0.4) is 0 Å². The minimum atomic E-state index is -0.383. The monoisotopic (exact) mass is 351 g/mol. The highest BCUT2D eigenvalue weighted by Gasteiger charge is 2.33. The van der Waals surface area contributed by atoms with E-state index in [4.69, 9.17) is 0 Å². The Hall–Kier alpha value is -2.46. The molecule has 0 spiro atoms. The summed E-state index contributed by atoms with van der Waals surface area (Å²) in [5.41, 5.74) is 3.86. The Morgan fingerprint density at radius 3 is 2.72 bits per heavy atom. The second-order valence-corrected chi connectivity index (χ2v) is 7.37. The highest BCUT2D eigenvalue weighted by atomic mass is 32.1. The van der Waals surface area contributed by atoms with Gasteiger partial charge >= 0.3 is 0 Å². The maximum Gasteiger partial charge on any atom is 0.254 e. The van der Waals surface area contributed by atoms with Crippen molar-refractivity contribution in [2.45, 2.75) is 19.4 Å². The van der Waals surface area contributed by atoms with Crippen LogP contribution in [0.5, 0.6) is 0 Å². The van der Waals surface area contributed by atoms with Crippen molar-refractivity contribution in [3.8, 4) is 0 Å². The van der Waals surface area contributed by atoms with Crippen molar-refractivity contribution in [1.82, 2.24) is 4.90 Å². The quantitative estimate of drug-likeness (QED) is 0.637. The van der Waals surface area contributed by atoms with Crippen molar-refractivity contribution < 1.29 is 9.18 Å². The number of nitrogens with zero attached hydrogens (tertiary/aromatic N) is 1. The Balaban J connectivity index is 1.78. The van der Waals surface area contributed by atoms with E-state index in [9.17, 15) is 9.18 Å². The van der Waals surface area contributed by atoms with Crippen molar-refractivity contribution in [1.29, 1.82) is 0 Å². The average molecular weight is 351 g/mol. The minimum Gasteiger partial charge on any atom is -0.327 e. The third-order valence-electron chi connectivity index (χ3n) is 4.69. The Morgan fingerprint density at radius 1 is 1.16 bits per heavy atom. The fourth-order valence-electron chi connectivity index (χ4n) is 3.43. The maximum atomic E-state index is 13.6. The number of hydrogen-bond donors (Lipinski definition) is 0. The molecule has 0 N–H and O–H groups in total. The van der Waals surface area contributed by atoms with Gasteiger partial charge in [0.2, 0.25) is 0 Å². The topological polar surface area (TPSA) is 20.3 Å². The fourth-order valence-corrected chi connectivity index (χ4v) is 4.33. The third-order valence-corrected chi connectivity index (χ3v) is 5.69. The van der Waals surface area contributed by atoms with Gasteiger partial charge in [0.05, 0.1) is 6.04 Å². The van der Waals surface area contributed by atoms with E-state index in [0.29, 0.717) is 12.1 Å². The van der Waals surface area contributed by atoms with E-state index >= 15 is 0 Å². The summed E-state index contributed by atoms with van der Waals surface area (Å²) in [5.74, 6) is -0.507. The van der Waals surface area contributed by atoms with Crippen LogP contribution in [0, 0.1) is 12.7 Å². The summed E-state index contributed by atoms with van der Waals surface area (Å²) in [7, 11) is 0. The van der Waals surface area contributed by atoms with Crippen LogP contribution >= 0.6 is 11.3 Å². The number of thiophene rings is 1. The van der Waals surface area contributed by atoms with Crippen molar-refractivity contribution >= 4 is 17.2 Å². The van der Waals surface area contributed by atoms with Gasteiger partial charge in [-0.15, -0.1) is 11.3 Å². The number of halogens is 1. The molecule has 0 saturated heterocycles. The highest BCUT2D eigenvalue weighted by molar-refractivity contribution is 7.10. The van der Waals surface area contributed by atoms with Gasteiger partial charge in [-0.2, -0.15) is 0 Å². The molecule has 1 aromatic heterocycles. The molecule has 0 saturated carbocycles. The van der Waals surface area contributed by atoms with Gasteiger partial charge in [0, 0.05) is 17.0 Å². The molecule has 0 bridgehead atoms. The Kier molecular flexibility index (Phi) is 4.14. The first-order valence-electron chi connectivity index (χ1n) is 8.33. The van der Waals surface area contributed by atoms with Gasteiger partial charge in [0.25, 0.3) is 5.91 Å². The first-order valence-corrected chi connectivity index (χ1v) is 9.21. The van der Waals surface area contributed by atoms with E-state index in [-0.39, 0.29) is 17.8 Å². The molecule has 0 aliphatic carbocycles. The molecule has 1 amide bonds. The lowest BCUT2D eigenvalue weighted by Gasteiger charge is -2.36. The van der Waals surface area contributed by atoms with E-state index < -0.39 is 0 Å². The number of aryl methyl sites for hydroxylation is 1. The van der Waals surface area contributed by atoms with Gasteiger partial charge in [-0.25, -0.2) is 4.39 Å². The molecule has 1 atom stereocenters. The van der Waals surface area contributed by atoms with Crippen molar-refractivity contribution in [3.05, 3.63) is 92.9 Å². The molecule has 1 aliphatic heterocycles. The first kappa shape index (κ1) is 16.0. The molecule has 0 unspecified atom stereocenters. The van der Waals surface area contributed by atoms with Gasteiger partial charge in [-0.05, 0) is 54.1 Å². The molecule has 0 fully saturated rings. The summed E-state index contributed by atoms with van der Waals surface area (Å²) in [6.07, 6.45) is 0.844. The Bertz CT molecular complexity index is 916. The summed E-state index contributed by atoms with van der Waals surface area (Å²) < 4.78 is 13.6. The van der Waals surface area contributed by atoms with E-state index in [2.05, 4.69) is 42.6 Å². The van der Waals surface area contributed by atoms with Gasteiger partial charge in [-0.3, -0.25) is 4.79 Å². The zero-order valence-electron chi connectivity index (χ0n) is 13.9. The van der Waals surface area contributed by atoms with Crippen LogP contribution in [-0.4, -0.2) is 17.4 Å². The lowest BCUT2D eigenvalue weighted by atomic mass is 9.92. The van der Waals surface area contributed by atoms with Crippen LogP contribution in [0.2, 0.25) is 0 Å². The van der Waals surface area contributed by atoms with Crippen molar-refractivity contribution in [3.63, 3.8) is 0 Å². The molecule has 2 aromatic carbocycles. The molecule has 126 valence electrons. The lowest BCUT2D eigenvalue weighted by Crippen LogP contribution is -2.40. The van der Waals surface area contributed by atoms with Crippen LogP contribution in [0.1, 0.15) is 38.0 Å². The molecular weight excluding hydrogens is 333 g/mol. The number of benzene rings is 2. The van der Waals surface area contributed by atoms with Gasteiger partial charge in [-0.1, -0.05) is 35.9 Å². The van der Waals surface area contributed by atoms with Crippen LogP contribution in [0.15, 0.2) is 60.0 Å². The second kappa shape index (κ2) is 6.45. The fraction of sp³-hybridized carbons (Fsp3) is 0.190. The van der Waals surface area contributed by atoms with Gasteiger partial charge < -0.3 is 4.90 Å². The van der Waals surface area contributed by atoms with Crippen LogP contribution < -0.4 is 0 Å². The normalized spacial score (nSPS) is 16.6. The van der Waals surface area contributed by atoms with E-state index in [1.807, 2.05) is 4.90 Å². The molecule has 3 aromatic rings. The summed E-state index contributed by atoms with van der Waals surface area (Å²) in [6, 6.07) is 16.2. The van der Waals surface area contributed by atoms with Crippen LogP contribution in [0.25, 0.3) is 0 Å². The zero-order chi connectivity index (χ0) is 17.4. The number of amides is 1. The number of carbonyl (C=O) groups excluding carboxylic acids is 1. The molecule has 0 radical (unpaired) electrons. The van der Waals surface area contributed by atoms with Crippen LogP contribution in [-0.2, 0) is 6.42 Å². The predicted octanol–water partition coefficient (Wildman–Crippen LogP) is 4.98. The number of fused-ring (bicyclic) bond motifs is 1. The second-order valence-electron chi connectivity index (χ2n) is 6.37. The average Bonchev–Trinajstić information content (AvgIpc) is 3.10. The highest BCUT2D eigenvalue weighted by Crippen LogP contribution is 2.38. The number of carbonyl (C=O) groups is 1. The first-order chi connectivity index (χ1) is 12.1. The van der Waals surface area contributed by atoms with Crippen molar-refractivity contribution in [2.24, 2.45) is 0 Å². The lowest BCUT2D eigenvalue weighted by molar-refractivity contribution is 0.0695. The van der Waals surface area contributed by atoms with Crippen LogP contribution in [0.4, 0.5) is 4.39 Å².